The van der Waals surface area contributed by atoms with E-state index in [0.29, 0.717) is 48.0 Å². The molecule has 1 aliphatic rings. The molecule has 0 unspecified atom stereocenters. The Morgan fingerprint density at radius 2 is 1.77 bits per heavy atom. The van der Waals surface area contributed by atoms with Crippen LogP contribution in [0, 0.1) is 11.6 Å². The smallest absolute Gasteiger partial charge is 0.307 e. The Morgan fingerprint density at radius 3 is 2.48 bits per heavy atom. The van der Waals surface area contributed by atoms with E-state index in [1.165, 1.54) is 30.3 Å². The van der Waals surface area contributed by atoms with Crippen LogP contribution in [0.2, 0.25) is 0 Å². The van der Waals surface area contributed by atoms with Crippen molar-refractivity contribution in [1.29, 1.82) is 0 Å². The summed E-state index contributed by atoms with van der Waals surface area (Å²) < 4.78 is 33.9. The van der Waals surface area contributed by atoms with Crippen molar-refractivity contribution in [2.45, 2.75) is 25.4 Å². The maximum Gasteiger partial charge on any atom is 0.307 e. The van der Waals surface area contributed by atoms with Gasteiger partial charge in [-0.2, -0.15) is 0 Å². The predicted octanol–water partition coefficient (Wildman–Crippen LogP) is 4.43. The van der Waals surface area contributed by atoms with Gasteiger partial charge < -0.3 is 14.7 Å². The van der Waals surface area contributed by atoms with E-state index >= 15 is 0 Å². The molecule has 1 N–H and O–H groups in total. The summed E-state index contributed by atoms with van der Waals surface area (Å²) in [4.78, 5) is 25.3. The number of carbonyl (C=O) groups excluding carboxylic acids is 1. The van der Waals surface area contributed by atoms with Gasteiger partial charge in [-0.25, -0.2) is 8.78 Å². The summed E-state index contributed by atoms with van der Waals surface area (Å²) in [7, 11) is 0. The van der Waals surface area contributed by atoms with Gasteiger partial charge in [0, 0.05) is 31.3 Å². The first kappa shape index (κ1) is 20.8. The lowest BCUT2D eigenvalue weighted by Crippen LogP contribution is -2.42. The number of hydrogen-bond donors (Lipinski definition) is 1. The number of rotatable bonds is 5. The molecule has 0 aromatic heterocycles. The third-order valence-electron chi connectivity index (χ3n) is 5.42. The minimum absolute atomic E-state index is 0.0460. The maximum absolute atomic E-state index is 13.9. The molecule has 0 saturated carbocycles. The summed E-state index contributed by atoms with van der Waals surface area (Å²) in [6, 6.07) is 13.5. The number of nitrogens with zero attached hydrogens (tertiary/aromatic N) is 1. The summed E-state index contributed by atoms with van der Waals surface area (Å²) in [6.45, 7) is 0.803. The third-order valence-corrected chi connectivity index (χ3v) is 5.42. The minimum Gasteiger partial charge on any atom is -0.490 e. The van der Waals surface area contributed by atoms with Crippen molar-refractivity contribution in [2.24, 2.45) is 0 Å². The largest absolute Gasteiger partial charge is 0.490 e. The number of benzene rings is 3. The fraction of sp³-hybridized carbons (Fsp3) is 0.250. The molecule has 1 heterocycles. The number of piperidine rings is 1. The number of fused-ring (bicyclic) bond motifs is 1. The number of likely N-dealkylation sites (tertiary alicyclic amines) is 1. The standard InChI is InChI=1S/C24H21F2NO4/c25-17-6-5-16-11-15(13-23(28)29)12-22(20(16)14-17)31-18-7-9-27(10-8-18)24(30)19-3-1-2-4-21(19)26/h1-6,11-12,14,18H,7-10,13H2,(H,28,29). The zero-order valence-electron chi connectivity index (χ0n) is 16.7. The van der Waals surface area contributed by atoms with Crippen molar-refractivity contribution in [1.82, 2.24) is 4.90 Å². The molecule has 7 heteroatoms. The average molecular weight is 425 g/mol. The second kappa shape index (κ2) is 8.71. The highest BCUT2D eigenvalue weighted by Crippen LogP contribution is 2.31. The summed E-state index contributed by atoms with van der Waals surface area (Å²) >= 11 is 0. The van der Waals surface area contributed by atoms with Crippen LogP contribution in [0.25, 0.3) is 10.8 Å². The van der Waals surface area contributed by atoms with Gasteiger partial charge in [0.25, 0.3) is 5.91 Å². The Balaban J connectivity index is 1.50. The highest BCUT2D eigenvalue weighted by molar-refractivity contribution is 5.94. The second-order valence-corrected chi connectivity index (χ2v) is 7.62. The molecule has 0 aliphatic carbocycles. The van der Waals surface area contributed by atoms with Gasteiger partial charge in [0.15, 0.2) is 0 Å². The SMILES string of the molecule is O=C(O)Cc1cc(OC2CCN(C(=O)c3ccccc3F)CC2)c2cc(F)ccc2c1. The van der Waals surface area contributed by atoms with E-state index in [4.69, 9.17) is 9.84 Å². The van der Waals surface area contributed by atoms with E-state index in [1.54, 1.807) is 29.2 Å². The third kappa shape index (κ3) is 4.66. The summed E-state index contributed by atoms with van der Waals surface area (Å²) in [5, 5.41) is 10.4. The number of carboxylic acids is 1. The molecular weight excluding hydrogens is 404 g/mol. The van der Waals surface area contributed by atoms with Crippen molar-refractivity contribution >= 4 is 22.6 Å². The van der Waals surface area contributed by atoms with Crippen molar-refractivity contribution in [2.75, 3.05) is 13.1 Å². The lowest BCUT2D eigenvalue weighted by atomic mass is 10.0. The topological polar surface area (TPSA) is 66.8 Å². The van der Waals surface area contributed by atoms with Gasteiger partial charge in [0.05, 0.1) is 12.0 Å². The molecule has 0 spiro atoms. The van der Waals surface area contributed by atoms with Crippen LogP contribution in [0.5, 0.6) is 5.75 Å². The van der Waals surface area contributed by atoms with E-state index in [-0.39, 0.29) is 24.0 Å². The molecule has 0 atom stereocenters. The number of aliphatic carboxylic acids is 1. The molecular formula is C24H21F2NO4. The van der Waals surface area contributed by atoms with Crippen LogP contribution in [0.15, 0.2) is 54.6 Å². The molecule has 3 aromatic rings. The zero-order chi connectivity index (χ0) is 22.0. The van der Waals surface area contributed by atoms with Crippen LogP contribution in [0.1, 0.15) is 28.8 Å². The van der Waals surface area contributed by atoms with E-state index in [0.717, 1.165) is 0 Å². The van der Waals surface area contributed by atoms with Crippen molar-refractivity contribution in [3.05, 3.63) is 77.4 Å². The Bertz CT molecular complexity index is 1140. The Morgan fingerprint density at radius 1 is 1.03 bits per heavy atom. The number of halogens is 2. The van der Waals surface area contributed by atoms with Crippen LogP contribution in [-0.2, 0) is 11.2 Å². The van der Waals surface area contributed by atoms with Gasteiger partial charge >= 0.3 is 5.97 Å². The van der Waals surface area contributed by atoms with Crippen molar-refractivity contribution in [3.63, 3.8) is 0 Å². The fourth-order valence-electron chi connectivity index (χ4n) is 3.89. The normalized spacial score (nSPS) is 14.6. The first-order valence-corrected chi connectivity index (χ1v) is 10.0. The van der Waals surface area contributed by atoms with Gasteiger partial charge in [0.2, 0.25) is 0 Å². The number of carboxylic acid groups (broad SMARTS) is 1. The van der Waals surface area contributed by atoms with Gasteiger partial charge in [0.1, 0.15) is 23.5 Å². The van der Waals surface area contributed by atoms with E-state index in [1.807, 2.05) is 0 Å². The predicted molar refractivity (Wildman–Crippen MR) is 111 cm³/mol. The van der Waals surface area contributed by atoms with E-state index in [2.05, 4.69) is 0 Å². The molecule has 160 valence electrons. The van der Waals surface area contributed by atoms with E-state index in [9.17, 15) is 18.4 Å². The Hall–Kier alpha value is -3.48. The molecule has 5 nitrogen and oxygen atoms in total. The lowest BCUT2D eigenvalue weighted by molar-refractivity contribution is -0.136. The monoisotopic (exact) mass is 425 g/mol. The highest BCUT2D eigenvalue weighted by atomic mass is 19.1. The first-order chi connectivity index (χ1) is 14.9. The van der Waals surface area contributed by atoms with Gasteiger partial charge in [-0.1, -0.05) is 24.3 Å². The van der Waals surface area contributed by atoms with Crippen LogP contribution >= 0.6 is 0 Å². The number of hydrogen-bond acceptors (Lipinski definition) is 3. The number of carbonyl (C=O) groups is 2. The fourth-order valence-corrected chi connectivity index (χ4v) is 3.89. The highest BCUT2D eigenvalue weighted by Gasteiger charge is 2.26. The second-order valence-electron chi connectivity index (χ2n) is 7.62. The molecule has 31 heavy (non-hydrogen) atoms. The summed E-state index contributed by atoms with van der Waals surface area (Å²) in [5.41, 5.74) is 0.610. The van der Waals surface area contributed by atoms with Crippen LogP contribution in [0.4, 0.5) is 8.78 Å². The Labute approximate surface area is 177 Å². The molecule has 3 aromatic carbocycles. The van der Waals surface area contributed by atoms with Gasteiger partial charge in [-0.05, 0) is 41.3 Å². The molecule has 0 radical (unpaired) electrons. The van der Waals surface area contributed by atoms with Crippen LogP contribution in [-0.4, -0.2) is 41.1 Å². The summed E-state index contributed by atoms with van der Waals surface area (Å²) in [5.74, 6) is -1.85. The van der Waals surface area contributed by atoms with Crippen molar-refractivity contribution in [3.8, 4) is 5.75 Å². The molecule has 1 amide bonds. The lowest BCUT2D eigenvalue weighted by Gasteiger charge is -2.32. The molecule has 0 bridgehead atoms. The Kier molecular flexibility index (Phi) is 5.84. The molecule has 1 aliphatic heterocycles. The van der Waals surface area contributed by atoms with Crippen LogP contribution in [0.3, 0.4) is 0 Å². The van der Waals surface area contributed by atoms with Crippen molar-refractivity contribution < 1.29 is 28.2 Å². The number of ether oxygens (including phenoxy) is 1. The summed E-state index contributed by atoms with van der Waals surface area (Å²) in [6.07, 6.45) is 0.663. The zero-order valence-corrected chi connectivity index (χ0v) is 16.7. The molecule has 1 saturated heterocycles. The first-order valence-electron chi connectivity index (χ1n) is 10.0. The van der Waals surface area contributed by atoms with E-state index < -0.39 is 17.6 Å². The van der Waals surface area contributed by atoms with Crippen LogP contribution < -0.4 is 4.74 Å². The maximum atomic E-state index is 13.9. The van der Waals surface area contributed by atoms with Gasteiger partial charge in [-0.15, -0.1) is 0 Å². The molecule has 4 rings (SSSR count). The molecule has 1 fully saturated rings. The quantitative estimate of drug-likeness (QED) is 0.657. The minimum atomic E-state index is -0.965. The average Bonchev–Trinajstić information content (AvgIpc) is 2.74. The number of amides is 1. The van der Waals surface area contributed by atoms with Gasteiger partial charge in [-0.3, -0.25) is 9.59 Å².